The Balaban J connectivity index is 1.98. The Labute approximate surface area is 79.8 Å². The fourth-order valence-corrected chi connectivity index (χ4v) is 2.25. The molecule has 2 rings (SSSR count). The molecular formula is C11H16N2. The summed E-state index contributed by atoms with van der Waals surface area (Å²) in [6, 6.07) is 2.40. The summed E-state index contributed by atoms with van der Waals surface area (Å²) in [7, 11) is 0. The molecule has 0 saturated carbocycles. The SMILES string of the molecule is CC1CN([C@@H](C)C#N)C[C@@H]1C1=CC1. The molecule has 2 heteroatoms. The van der Waals surface area contributed by atoms with Crippen LogP contribution in [-0.4, -0.2) is 24.0 Å². The van der Waals surface area contributed by atoms with Crippen molar-refractivity contribution in [1.82, 2.24) is 4.90 Å². The van der Waals surface area contributed by atoms with E-state index >= 15 is 0 Å². The van der Waals surface area contributed by atoms with Gasteiger partial charge in [0.15, 0.2) is 0 Å². The van der Waals surface area contributed by atoms with E-state index in [1.807, 2.05) is 6.92 Å². The molecule has 1 heterocycles. The minimum Gasteiger partial charge on any atom is -0.287 e. The summed E-state index contributed by atoms with van der Waals surface area (Å²) in [6.07, 6.45) is 3.55. The molecule has 0 amide bonds. The van der Waals surface area contributed by atoms with Crippen LogP contribution >= 0.6 is 0 Å². The lowest BCUT2D eigenvalue weighted by Crippen LogP contribution is -2.29. The second-order valence-corrected chi connectivity index (χ2v) is 4.33. The Hall–Kier alpha value is -0.810. The molecule has 0 radical (unpaired) electrons. The largest absolute Gasteiger partial charge is 0.287 e. The molecule has 0 bridgehead atoms. The molecule has 3 atom stereocenters. The van der Waals surface area contributed by atoms with Gasteiger partial charge in [0.25, 0.3) is 0 Å². The van der Waals surface area contributed by atoms with Crippen LogP contribution in [0.25, 0.3) is 0 Å². The van der Waals surface area contributed by atoms with Crippen LogP contribution in [0.15, 0.2) is 11.6 Å². The molecule has 1 saturated heterocycles. The summed E-state index contributed by atoms with van der Waals surface area (Å²) < 4.78 is 0. The number of hydrogen-bond donors (Lipinski definition) is 0. The topological polar surface area (TPSA) is 27.0 Å². The number of nitrogens with zero attached hydrogens (tertiary/aromatic N) is 2. The van der Waals surface area contributed by atoms with Crippen LogP contribution < -0.4 is 0 Å². The molecule has 1 unspecified atom stereocenters. The molecule has 0 aromatic rings. The van der Waals surface area contributed by atoms with Crippen molar-refractivity contribution in [2.24, 2.45) is 11.8 Å². The van der Waals surface area contributed by atoms with Crippen molar-refractivity contribution in [3.05, 3.63) is 11.6 Å². The maximum Gasteiger partial charge on any atom is 0.0949 e. The zero-order valence-corrected chi connectivity index (χ0v) is 8.33. The van der Waals surface area contributed by atoms with Gasteiger partial charge in [-0.3, -0.25) is 4.90 Å². The van der Waals surface area contributed by atoms with Crippen LogP contribution in [0.1, 0.15) is 20.3 Å². The van der Waals surface area contributed by atoms with Crippen molar-refractivity contribution < 1.29 is 0 Å². The van der Waals surface area contributed by atoms with E-state index in [-0.39, 0.29) is 6.04 Å². The number of hydrogen-bond acceptors (Lipinski definition) is 2. The number of nitriles is 1. The lowest BCUT2D eigenvalue weighted by atomic mass is 9.95. The van der Waals surface area contributed by atoms with E-state index in [9.17, 15) is 0 Å². The van der Waals surface area contributed by atoms with Gasteiger partial charge in [-0.15, -0.1) is 0 Å². The van der Waals surface area contributed by atoms with E-state index < -0.39 is 0 Å². The number of likely N-dealkylation sites (tertiary alicyclic amines) is 1. The van der Waals surface area contributed by atoms with Crippen LogP contribution in [0.5, 0.6) is 0 Å². The van der Waals surface area contributed by atoms with Gasteiger partial charge in [-0.2, -0.15) is 5.26 Å². The average Bonchev–Trinajstić information content (AvgIpc) is 2.89. The van der Waals surface area contributed by atoms with Crippen molar-refractivity contribution in [1.29, 1.82) is 5.26 Å². The normalized spacial score (nSPS) is 35.3. The second-order valence-electron chi connectivity index (χ2n) is 4.33. The quantitative estimate of drug-likeness (QED) is 0.600. The van der Waals surface area contributed by atoms with Gasteiger partial charge in [0, 0.05) is 13.1 Å². The molecule has 13 heavy (non-hydrogen) atoms. The van der Waals surface area contributed by atoms with Gasteiger partial charge in [-0.1, -0.05) is 18.6 Å². The maximum absolute atomic E-state index is 8.82. The summed E-state index contributed by atoms with van der Waals surface area (Å²) in [4.78, 5) is 2.30. The summed E-state index contributed by atoms with van der Waals surface area (Å²) in [5.74, 6) is 1.49. The highest BCUT2D eigenvalue weighted by molar-refractivity contribution is 5.27. The maximum atomic E-state index is 8.82. The highest BCUT2D eigenvalue weighted by Crippen LogP contribution is 2.38. The van der Waals surface area contributed by atoms with Crippen LogP contribution in [0, 0.1) is 23.2 Å². The Morgan fingerprint density at radius 3 is 2.85 bits per heavy atom. The monoisotopic (exact) mass is 176 g/mol. The van der Waals surface area contributed by atoms with Crippen molar-refractivity contribution in [2.75, 3.05) is 13.1 Å². The summed E-state index contributed by atoms with van der Waals surface area (Å²) in [5, 5.41) is 8.82. The first-order valence-corrected chi connectivity index (χ1v) is 5.05. The van der Waals surface area contributed by atoms with Gasteiger partial charge in [-0.25, -0.2) is 0 Å². The zero-order valence-electron chi connectivity index (χ0n) is 8.33. The fraction of sp³-hybridized carbons (Fsp3) is 0.727. The van der Waals surface area contributed by atoms with Crippen molar-refractivity contribution in [3.8, 4) is 6.07 Å². The molecule has 0 N–H and O–H groups in total. The highest BCUT2D eigenvalue weighted by atomic mass is 15.2. The minimum atomic E-state index is 0.0896. The van der Waals surface area contributed by atoms with E-state index in [1.165, 1.54) is 6.42 Å². The third-order valence-corrected chi connectivity index (χ3v) is 3.29. The molecule has 0 aromatic carbocycles. The van der Waals surface area contributed by atoms with E-state index in [2.05, 4.69) is 24.0 Å². The first kappa shape index (κ1) is 8.77. The van der Waals surface area contributed by atoms with E-state index in [0.29, 0.717) is 0 Å². The summed E-state index contributed by atoms with van der Waals surface area (Å²) >= 11 is 0. The highest BCUT2D eigenvalue weighted by Gasteiger charge is 2.36. The molecular weight excluding hydrogens is 160 g/mol. The van der Waals surface area contributed by atoms with E-state index in [0.717, 1.165) is 24.9 Å². The van der Waals surface area contributed by atoms with Gasteiger partial charge in [-0.05, 0) is 25.2 Å². The van der Waals surface area contributed by atoms with Crippen LogP contribution in [0.4, 0.5) is 0 Å². The number of allylic oxidation sites excluding steroid dienone is 1. The second kappa shape index (κ2) is 3.16. The van der Waals surface area contributed by atoms with Gasteiger partial charge in [0.05, 0.1) is 12.1 Å². The van der Waals surface area contributed by atoms with Crippen LogP contribution in [0.3, 0.4) is 0 Å². The van der Waals surface area contributed by atoms with Gasteiger partial charge in [0.2, 0.25) is 0 Å². The summed E-state index contributed by atoms with van der Waals surface area (Å²) in [5.41, 5.74) is 1.63. The number of rotatable bonds is 2. The molecule has 0 spiro atoms. The minimum absolute atomic E-state index is 0.0896. The standard InChI is InChI=1S/C11H16N2/c1-8-6-13(9(2)5-12)7-11(8)10-3-4-10/h3,8-9,11H,4,6-7H2,1-2H3/t8?,9-,11-/m0/s1. The molecule has 1 aliphatic heterocycles. The predicted molar refractivity (Wildman–Crippen MR) is 52.0 cm³/mol. The van der Waals surface area contributed by atoms with Gasteiger partial charge < -0.3 is 0 Å². The predicted octanol–water partition coefficient (Wildman–Crippen LogP) is 1.80. The molecule has 2 aliphatic rings. The van der Waals surface area contributed by atoms with Gasteiger partial charge >= 0.3 is 0 Å². The Morgan fingerprint density at radius 1 is 1.62 bits per heavy atom. The molecule has 1 fully saturated rings. The van der Waals surface area contributed by atoms with E-state index in [1.54, 1.807) is 5.57 Å². The average molecular weight is 176 g/mol. The van der Waals surface area contributed by atoms with E-state index in [4.69, 9.17) is 5.26 Å². The first-order chi connectivity index (χ1) is 6.22. The Kier molecular flexibility index (Phi) is 2.13. The van der Waals surface area contributed by atoms with Crippen molar-refractivity contribution >= 4 is 0 Å². The Bertz CT molecular complexity index is 274. The molecule has 70 valence electrons. The first-order valence-electron chi connectivity index (χ1n) is 5.05. The third-order valence-electron chi connectivity index (χ3n) is 3.29. The lowest BCUT2D eigenvalue weighted by Gasteiger charge is -2.17. The van der Waals surface area contributed by atoms with Gasteiger partial charge in [0.1, 0.15) is 0 Å². The molecule has 0 aromatic heterocycles. The Morgan fingerprint density at radius 2 is 2.31 bits per heavy atom. The summed E-state index contributed by atoms with van der Waals surface area (Å²) in [6.45, 7) is 6.49. The van der Waals surface area contributed by atoms with Crippen molar-refractivity contribution in [2.45, 2.75) is 26.3 Å². The van der Waals surface area contributed by atoms with Crippen LogP contribution in [-0.2, 0) is 0 Å². The van der Waals surface area contributed by atoms with Crippen LogP contribution in [0.2, 0.25) is 0 Å². The fourth-order valence-electron chi connectivity index (χ4n) is 2.25. The molecule has 1 aliphatic carbocycles. The smallest absolute Gasteiger partial charge is 0.0949 e. The zero-order chi connectivity index (χ0) is 9.42. The molecule has 2 nitrogen and oxygen atoms in total. The third kappa shape index (κ3) is 1.62. The van der Waals surface area contributed by atoms with Crippen molar-refractivity contribution in [3.63, 3.8) is 0 Å². The lowest BCUT2D eigenvalue weighted by molar-refractivity contribution is 0.293.